The van der Waals surface area contributed by atoms with Gasteiger partial charge in [0, 0.05) is 24.7 Å². The molecule has 0 amide bonds. The van der Waals surface area contributed by atoms with Crippen molar-refractivity contribution in [3.05, 3.63) is 66.2 Å². The van der Waals surface area contributed by atoms with Gasteiger partial charge in [-0.3, -0.25) is 9.69 Å². The van der Waals surface area contributed by atoms with Crippen molar-refractivity contribution >= 4 is 15.6 Å². The minimum absolute atomic E-state index is 0.0825. The number of carbonyl (C=O) groups excluding carboxylic acids is 1. The molecule has 138 valence electrons. The van der Waals surface area contributed by atoms with E-state index in [1.807, 2.05) is 18.2 Å². The maximum atomic E-state index is 13.3. The highest BCUT2D eigenvalue weighted by Gasteiger charge is 2.46. The third-order valence-corrected chi connectivity index (χ3v) is 7.58. The first kappa shape index (κ1) is 18.8. The minimum atomic E-state index is -3.58. The number of Topliss-reactive ketones (excluding diaryl/α,β-unsaturated/α-hetero) is 1. The van der Waals surface area contributed by atoms with Crippen LogP contribution < -0.4 is 0 Å². The summed E-state index contributed by atoms with van der Waals surface area (Å²) in [6, 6.07) is 17.7. The van der Waals surface area contributed by atoms with Crippen molar-refractivity contribution in [1.82, 2.24) is 4.90 Å². The molecule has 0 radical (unpaired) electrons. The van der Waals surface area contributed by atoms with Gasteiger partial charge in [-0.15, -0.1) is 0 Å². The fourth-order valence-electron chi connectivity index (χ4n) is 3.59. The van der Waals surface area contributed by atoms with Crippen molar-refractivity contribution in [2.75, 3.05) is 13.1 Å². The molecule has 2 aromatic rings. The van der Waals surface area contributed by atoms with E-state index in [-0.39, 0.29) is 11.8 Å². The molecule has 3 atom stereocenters. The molecule has 1 unspecified atom stereocenters. The molecule has 1 fully saturated rings. The van der Waals surface area contributed by atoms with Crippen LogP contribution in [0.5, 0.6) is 0 Å². The Morgan fingerprint density at radius 2 is 1.62 bits per heavy atom. The highest BCUT2D eigenvalue weighted by atomic mass is 32.2. The van der Waals surface area contributed by atoms with Gasteiger partial charge in [-0.25, -0.2) is 8.42 Å². The highest BCUT2D eigenvalue weighted by molar-refractivity contribution is 7.92. The molecule has 0 spiro atoms. The molecule has 0 aromatic heterocycles. The van der Waals surface area contributed by atoms with Crippen molar-refractivity contribution in [2.45, 2.75) is 36.5 Å². The number of hydrogen-bond donors (Lipinski definition) is 0. The zero-order valence-electron chi connectivity index (χ0n) is 15.2. The molecular weight excluding hydrogens is 346 g/mol. The zero-order valence-corrected chi connectivity index (χ0v) is 16.0. The fourth-order valence-corrected chi connectivity index (χ4v) is 5.50. The summed E-state index contributed by atoms with van der Waals surface area (Å²) in [6.45, 7) is 5.05. The quantitative estimate of drug-likeness (QED) is 0.730. The van der Waals surface area contributed by atoms with Crippen molar-refractivity contribution in [1.29, 1.82) is 0 Å². The lowest BCUT2D eigenvalue weighted by Gasteiger charge is -2.22. The maximum absolute atomic E-state index is 13.3. The lowest BCUT2D eigenvalue weighted by molar-refractivity contribution is 0.0919. The Hall–Kier alpha value is -1.98. The topological polar surface area (TPSA) is 54.5 Å². The summed E-state index contributed by atoms with van der Waals surface area (Å²) in [5, 5.41) is -0.716. The van der Waals surface area contributed by atoms with Crippen molar-refractivity contribution in [2.24, 2.45) is 5.92 Å². The molecular formula is C21H25NO3S. The molecule has 1 saturated heterocycles. The Morgan fingerprint density at radius 1 is 1.04 bits per heavy atom. The van der Waals surface area contributed by atoms with Crippen LogP contribution in [0.4, 0.5) is 0 Å². The number of benzene rings is 2. The summed E-state index contributed by atoms with van der Waals surface area (Å²) in [6.07, 6.45) is 0.921. The first-order valence-corrected chi connectivity index (χ1v) is 10.6. The lowest BCUT2D eigenvalue weighted by Crippen LogP contribution is -2.34. The van der Waals surface area contributed by atoms with Gasteiger partial charge in [0.05, 0.1) is 16.1 Å². The van der Waals surface area contributed by atoms with E-state index in [4.69, 9.17) is 0 Å². The molecule has 0 bridgehead atoms. The zero-order chi connectivity index (χ0) is 18.7. The molecule has 1 aliphatic rings. The minimum Gasteiger partial charge on any atom is -0.299 e. The Kier molecular flexibility index (Phi) is 5.58. The van der Waals surface area contributed by atoms with Gasteiger partial charge >= 0.3 is 0 Å². The third-order valence-electron chi connectivity index (χ3n) is 5.37. The van der Waals surface area contributed by atoms with E-state index in [0.29, 0.717) is 23.5 Å². The first-order valence-electron chi connectivity index (χ1n) is 9.07. The number of nitrogens with zero attached hydrogens (tertiary/aromatic N) is 1. The monoisotopic (exact) mass is 371 g/mol. The van der Waals surface area contributed by atoms with Gasteiger partial charge in [0.15, 0.2) is 15.6 Å². The molecule has 1 heterocycles. The lowest BCUT2D eigenvalue weighted by atomic mass is 9.96. The van der Waals surface area contributed by atoms with Crippen LogP contribution in [-0.2, 0) is 9.84 Å². The van der Waals surface area contributed by atoms with Gasteiger partial charge in [0.25, 0.3) is 0 Å². The van der Waals surface area contributed by atoms with Gasteiger partial charge in [-0.2, -0.15) is 0 Å². The van der Waals surface area contributed by atoms with Gasteiger partial charge < -0.3 is 0 Å². The number of ketones is 1. The second-order valence-corrected chi connectivity index (χ2v) is 9.11. The van der Waals surface area contributed by atoms with Crippen LogP contribution in [0.1, 0.15) is 30.6 Å². The van der Waals surface area contributed by atoms with Crippen molar-refractivity contribution in [3.63, 3.8) is 0 Å². The summed E-state index contributed by atoms with van der Waals surface area (Å²) < 4.78 is 26.5. The standard InChI is InChI=1S/C21H25NO3S/c1-3-16(2)22-14-19(21(23)17-10-6-4-7-11-17)20(15-22)26(24,25)18-12-8-5-9-13-18/h4-13,16,19-20H,3,14-15H2,1-2H3/t16?,19-,20-/m1/s1. The van der Waals surface area contributed by atoms with E-state index in [0.717, 1.165) is 6.42 Å². The van der Waals surface area contributed by atoms with Gasteiger partial charge in [0.1, 0.15) is 0 Å². The van der Waals surface area contributed by atoms with Crippen LogP contribution in [0.2, 0.25) is 0 Å². The summed E-state index contributed by atoms with van der Waals surface area (Å²) in [7, 11) is -3.58. The molecule has 1 aliphatic heterocycles. The Morgan fingerprint density at radius 3 is 2.19 bits per heavy atom. The van der Waals surface area contributed by atoms with Crippen LogP contribution in [0.15, 0.2) is 65.6 Å². The first-order chi connectivity index (χ1) is 12.4. The molecule has 3 rings (SSSR count). The van der Waals surface area contributed by atoms with Crippen LogP contribution >= 0.6 is 0 Å². The second kappa shape index (κ2) is 7.72. The van der Waals surface area contributed by atoms with Crippen LogP contribution in [-0.4, -0.2) is 43.5 Å². The van der Waals surface area contributed by atoms with Gasteiger partial charge in [0.2, 0.25) is 0 Å². The molecule has 0 N–H and O–H groups in total. The van der Waals surface area contributed by atoms with Crippen LogP contribution in [0.25, 0.3) is 0 Å². The van der Waals surface area contributed by atoms with E-state index in [2.05, 4.69) is 18.7 Å². The number of sulfone groups is 1. The Labute approximate surface area is 155 Å². The molecule has 4 nitrogen and oxygen atoms in total. The average Bonchev–Trinajstić information content (AvgIpc) is 3.14. The second-order valence-electron chi connectivity index (χ2n) is 6.94. The van der Waals surface area contributed by atoms with E-state index >= 15 is 0 Å². The average molecular weight is 372 g/mol. The maximum Gasteiger partial charge on any atom is 0.183 e. The number of hydrogen-bond acceptors (Lipinski definition) is 4. The van der Waals surface area contributed by atoms with Crippen LogP contribution in [0.3, 0.4) is 0 Å². The van der Waals surface area contributed by atoms with E-state index in [9.17, 15) is 13.2 Å². The van der Waals surface area contributed by atoms with Gasteiger partial charge in [-0.1, -0.05) is 55.5 Å². The molecule has 2 aromatic carbocycles. The SMILES string of the molecule is CCC(C)N1C[C@@H](S(=O)(=O)c2ccccc2)[C@H](C(=O)c2ccccc2)C1. The summed E-state index contributed by atoms with van der Waals surface area (Å²) >= 11 is 0. The van der Waals surface area contributed by atoms with E-state index < -0.39 is 21.0 Å². The Balaban J connectivity index is 1.98. The molecule has 5 heteroatoms. The van der Waals surface area contributed by atoms with E-state index in [1.165, 1.54) is 0 Å². The summed E-state index contributed by atoms with van der Waals surface area (Å²) in [4.78, 5) is 15.5. The highest BCUT2D eigenvalue weighted by Crippen LogP contribution is 2.32. The predicted molar refractivity (Wildman–Crippen MR) is 103 cm³/mol. The van der Waals surface area contributed by atoms with Gasteiger partial charge in [-0.05, 0) is 25.5 Å². The molecule has 0 saturated carbocycles. The molecule has 0 aliphatic carbocycles. The number of likely N-dealkylation sites (tertiary alicyclic amines) is 1. The molecule has 26 heavy (non-hydrogen) atoms. The number of carbonyl (C=O) groups is 1. The predicted octanol–water partition coefficient (Wildman–Crippen LogP) is 3.44. The number of rotatable bonds is 6. The fraction of sp³-hybridized carbons (Fsp3) is 0.381. The largest absolute Gasteiger partial charge is 0.299 e. The smallest absolute Gasteiger partial charge is 0.183 e. The summed E-state index contributed by atoms with van der Waals surface area (Å²) in [5.74, 6) is -0.627. The summed E-state index contributed by atoms with van der Waals surface area (Å²) in [5.41, 5.74) is 0.580. The van der Waals surface area contributed by atoms with E-state index in [1.54, 1.807) is 42.5 Å². The van der Waals surface area contributed by atoms with Crippen LogP contribution in [0, 0.1) is 5.92 Å². The van der Waals surface area contributed by atoms with Crippen molar-refractivity contribution < 1.29 is 13.2 Å². The normalized spacial score (nSPS) is 22.2. The third kappa shape index (κ3) is 3.60. The Bertz CT molecular complexity index is 849. The van der Waals surface area contributed by atoms with Crippen molar-refractivity contribution in [3.8, 4) is 0 Å².